The minimum absolute atomic E-state index is 0.0435. The Bertz CT molecular complexity index is 1460. The minimum atomic E-state index is -4.45. The molecule has 0 saturated carbocycles. The van der Waals surface area contributed by atoms with Crippen LogP contribution in [0.2, 0.25) is 0 Å². The Morgan fingerprint density at radius 1 is 0.912 bits per heavy atom. The number of hydrogen-bond donors (Lipinski definition) is 0. The zero-order valence-electron chi connectivity index (χ0n) is 18.2. The molecule has 0 unspecified atom stereocenters. The highest BCUT2D eigenvalue weighted by atomic mass is 32.2. The van der Waals surface area contributed by atoms with E-state index in [1.54, 1.807) is 44.2 Å². The van der Waals surface area contributed by atoms with Crippen LogP contribution in [-0.4, -0.2) is 18.4 Å². The molecule has 0 amide bonds. The van der Waals surface area contributed by atoms with E-state index in [1.807, 2.05) is 0 Å². The van der Waals surface area contributed by atoms with E-state index >= 15 is 0 Å². The van der Waals surface area contributed by atoms with Crippen LogP contribution in [0.3, 0.4) is 0 Å². The van der Waals surface area contributed by atoms with E-state index in [0.717, 1.165) is 16.1 Å². The highest BCUT2D eigenvalue weighted by molar-refractivity contribution is 7.90. The van der Waals surface area contributed by atoms with Gasteiger partial charge in [-0.25, -0.2) is 12.4 Å². The molecule has 9 heteroatoms. The molecule has 1 heterocycles. The molecular weight excluding hydrogens is 467 g/mol. The summed E-state index contributed by atoms with van der Waals surface area (Å²) in [4.78, 5) is 12.3. The first kappa shape index (κ1) is 23.6. The van der Waals surface area contributed by atoms with Crippen molar-refractivity contribution in [1.82, 2.24) is 3.97 Å². The molecule has 0 atom stereocenters. The Labute approximate surface area is 194 Å². The van der Waals surface area contributed by atoms with Gasteiger partial charge in [0, 0.05) is 5.39 Å². The van der Waals surface area contributed by atoms with Gasteiger partial charge in [0.1, 0.15) is 0 Å². The molecule has 0 saturated heterocycles. The van der Waals surface area contributed by atoms with Gasteiger partial charge < -0.3 is 4.74 Å². The number of esters is 1. The summed E-state index contributed by atoms with van der Waals surface area (Å²) in [5.74, 6) is -0.958. The maximum Gasteiger partial charge on any atom is 0.416 e. The molecular formula is C25H20F3NO4S. The standard InChI is InChI=1S/C25H20F3NO4S/c1-16(2)24(30)33-23-15-29(34(31,32)20-6-4-3-5-7-20)22-13-10-18(14-21(22)23)17-8-11-19(12-9-17)25(26,27)28/h3-16H,1-2H3. The van der Waals surface area contributed by atoms with Crippen LogP contribution < -0.4 is 4.74 Å². The molecule has 0 aliphatic heterocycles. The summed E-state index contributed by atoms with van der Waals surface area (Å²) in [5.41, 5.74) is 0.530. The van der Waals surface area contributed by atoms with E-state index < -0.39 is 33.7 Å². The van der Waals surface area contributed by atoms with Crippen molar-refractivity contribution in [2.45, 2.75) is 24.9 Å². The van der Waals surface area contributed by atoms with Crippen LogP contribution in [0.1, 0.15) is 19.4 Å². The monoisotopic (exact) mass is 487 g/mol. The van der Waals surface area contributed by atoms with Crippen LogP contribution in [0, 0.1) is 5.92 Å². The second-order valence-corrected chi connectivity index (χ2v) is 9.81. The summed E-state index contributed by atoms with van der Waals surface area (Å²) in [6.45, 7) is 3.30. The normalized spacial score (nSPS) is 12.3. The Balaban J connectivity index is 1.87. The number of alkyl halides is 3. The van der Waals surface area contributed by atoms with E-state index in [-0.39, 0.29) is 16.2 Å². The molecule has 4 aromatic rings. The molecule has 0 spiro atoms. The van der Waals surface area contributed by atoms with Gasteiger partial charge in [0.15, 0.2) is 5.75 Å². The lowest BCUT2D eigenvalue weighted by molar-refractivity contribution is -0.138. The molecule has 3 aromatic carbocycles. The molecule has 0 radical (unpaired) electrons. The van der Waals surface area contributed by atoms with Gasteiger partial charge in [0.05, 0.1) is 28.1 Å². The first-order valence-electron chi connectivity index (χ1n) is 10.3. The van der Waals surface area contributed by atoms with Crippen LogP contribution in [0.5, 0.6) is 5.75 Å². The summed E-state index contributed by atoms with van der Waals surface area (Å²) in [7, 11) is -4.00. The Hall–Kier alpha value is -3.59. The first-order chi connectivity index (χ1) is 16.0. The maximum atomic E-state index is 13.3. The molecule has 4 rings (SSSR count). The Kier molecular flexibility index (Phi) is 5.99. The van der Waals surface area contributed by atoms with Gasteiger partial charge in [-0.05, 0) is 47.5 Å². The third kappa shape index (κ3) is 4.43. The number of fused-ring (bicyclic) bond motifs is 1. The van der Waals surface area contributed by atoms with Gasteiger partial charge in [0.25, 0.3) is 10.0 Å². The van der Waals surface area contributed by atoms with Crippen LogP contribution >= 0.6 is 0 Å². The number of ether oxygens (including phenoxy) is 1. The van der Waals surface area contributed by atoms with Crippen molar-refractivity contribution in [2.75, 3.05) is 0 Å². The van der Waals surface area contributed by atoms with Gasteiger partial charge in [-0.3, -0.25) is 4.79 Å². The van der Waals surface area contributed by atoms with E-state index in [2.05, 4.69) is 0 Å². The number of aromatic nitrogens is 1. The summed E-state index contributed by atoms with van der Waals surface area (Å²) in [6, 6.07) is 17.2. The van der Waals surface area contributed by atoms with Crippen molar-refractivity contribution >= 4 is 26.9 Å². The largest absolute Gasteiger partial charge is 0.424 e. The number of benzene rings is 3. The topological polar surface area (TPSA) is 65.4 Å². The van der Waals surface area contributed by atoms with Gasteiger partial charge >= 0.3 is 12.1 Å². The van der Waals surface area contributed by atoms with Crippen molar-refractivity contribution in [3.8, 4) is 16.9 Å². The highest BCUT2D eigenvalue weighted by Crippen LogP contribution is 2.36. The quantitative estimate of drug-likeness (QED) is 0.318. The van der Waals surface area contributed by atoms with Gasteiger partial charge in [-0.2, -0.15) is 13.2 Å². The summed E-state index contributed by atoms with van der Waals surface area (Å²) in [6.07, 6.45) is -3.21. The van der Waals surface area contributed by atoms with Crippen LogP contribution in [-0.2, 0) is 21.0 Å². The number of halogens is 3. The maximum absolute atomic E-state index is 13.3. The fourth-order valence-corrected chi connectivity index (χ4v) is 4.80. The smallest absolute Gasteiger partial charge is 0.416 e. The lowest BCUT2D eigenvalue weighted by Crippen LogP contribution is -2.15. The minimum Gasteiger partial charge on any atom is -0.424 e. The zero-order valence-corrected chi connectivity index (χ0v) is 19.0. The predicted octanol–water partition coefficient (Wildman–Crippen LogP) is 6.13. The molecule has 5 nitrogen and oxygen atoms in total. The number of hydrogen-bond acceptors (Lipinski definition) is 4. The second-order valence-electron chi connectivity index (χ2n) is 7.99. The van der Waals surface area contributed by atoms with E-state index in [1.165, 1.54) is 36.5 Å². The van der Waals surface area contributed by atoms with Gasteiger partial charge in [0.2, 0.25) is 0 Å². The van der Waals surface area contributed by atoms with E-state index in [9.17, 15) is 26.4 Å². The average molecular weight is 487 g/mol. The first-order valence-corrected chi connectivity index (χ1v) is 11.8. The fourth-order valence-electron chi connectivity index (χ4n) is 3.41. The lowest BCUT2D eigenvalue weighted by Gasteiger charge is -2.09. The second kappa shape index (κ2) is 8.64. The number of carbonyl (C=O) groups excluding carboxylic acids is 1. The van der Waals surface area contributed by atoms with Crippen molar-refractivity contribution < 1.29 is 31.1 Å². The lowest BCUT2D eigenvalue weighted by atomic mass is 10.0. The average Bonchev–Trinajstić information content (AvgIpc) is 3.17. The molecule has 0 aliphatic carbocycles. The Morgan fingerprint density at radius 3 is 2.12 bits per heavy atom. The zero-order chi connectivity index (χ0) is 24.7. The Morgan fingerprint density at radius 2 is 1.53 bits per heavy atom. The predicted molar refractivity (Wildman–Crippen MR) is 122 cm³/mol. The number of nitrogens with zero attached hydrogens (tertiary/aromatic N) is 1. The fraction of sp³-hybridized carbons (Fsp3) is 0.160. The molecule has 176 valence electrons. The van der Waals surface area contributed by atoms with Crippen LogP contribution in [0.4, 0.5) is 13.2 Å². The summed E-state index contributed by atoms with van der Waals surface area (Å²) in [5, 5.41) is 0.339. The van der Waals surface area contributed by atoms with Gasteiger partial charge in [-0.15, -0.1) is 0 Å². The van der Waals surface area contributed by atoms with E-state index in [4.69, 9.17) is 4.74 Å². The molecule has 1 aromatic heterocycles. The van der Waals surface area contributed by atoms with Crippen LogP contribution in [0.25, 0.3) is 22.0 Å². The summed E-state index contributed by atoms with van der Waals surface area (Å²) >= 11 is 0. The summed E-state index contributed by atoms with van der Waals surface area (Å²) < 4.78 is 71.8. The van der Waals surface area contributed by atoms with Crippen LogP contribution in [0.15, 0.2) is 83.9 Å². The van der Waals surface area contributed by atoms with E-state index in [0.29, 0.717) is 16.5 Å². The third-order valence-corrected chi connectivity index (χ3v) is 6.95. The van der Waals surface area contributed by atoms with Crippen molar-refractivity contribution in [2.24, 2.45) is 5.92 Å². The molecule has 0 N–H and O–H groups in total. The molecule has 0 aliphatic rings. The molecule has 34 heavy (non-hydrogen) atoms. The molecule has 0 fully saturated rings. The number of carbonyl (C=O) groups is 1. The van der Waals surface area contributed by atoms with Crippen molar-refractivity contribution in [3.05, 3.63) is 84.6 Å². The SMILES string of the molecule is CC(C)C(=O)Oc1cn(S(=O)(=O)c2ccccc2)c2ccc(-c3ccc(C(F)(F)F)cc3)cc12. The number of rotatable bonds is 5. The van der Waals surface area contributed by atoms with Gasteiger partial charge in [-0.1, -0.05) is 50.2 Å². The highest BCUT2D eigenvalue weighted by Gasteiger charge is 2.30. The van der Waals surface area contributed by atoms with Crippen molar-refractivity contribution in [3.63, 3.8) is 0 Å². The molecule has 0 bridgehead atoms. The van der Waals surface area contributed by atoms with Crippen molar-refractivity contribution in [1.29, 1.82) is 0 Å². The third-order valence-electron chi connectivity index (χ3n) is 5.26.